The molecule has 1 aliphatic heterocycles. The number of hydrogen-bond acceptors (Lipinski definition) is 1. The first-order chi connectivity index (χ1) is 32.0. The van der Waals surface area contributed by atoms with Crippen molar-refractivity contribution >= 4 is 33.3 Å². The third-order valence-electron chi connectivity index (χ3n) is 10.8. The lowest BCUT2D eigenvalue weighted by Gasteiger charge is -2.31. The van der Waals surface area contributed by atoms with Crippen molar-refractivity contribution in [2.75, 3.05) is 0 Å². The Bertz CT molecular complexity index is 3830. The van der Waals surface area contributed by atoms with Gasteiger partial charge in [-0.05, 0) is 118 Å². The molecular weight excluding hydrogens is 645 g/mol. The molecule has 52 heavy (non-hydrogen) atoms. The first-order valence-electron chi connectivity index (χ1n) is 24.4. The van der Waals surface area contributed by atoms with Crippen LogP contribution in [0.4, 0.5) is 0 Å². The summed E-state index contributed by atoms with van der Waals surface area (Å²) in [6, 6.07) is 22.4. The lowest BCUT2D eigenvalue weighted by molar-refractivity contribution is 0.795. The van der Waals surface area contributed by atoms with Gasteiger partial charge in [0.1, 0.15) is 0 Å². The minimum absolute atomic E-state index is 0.0260. The first kappa shape index (κ1) is 17.9. The average Bonchev–Trinajstić information content (AvgIpc) is 3.81. The fraction of sp³-hybridized carbons (Fsp3) is 0.0196. The second-order valence-corrected chi connectivity index (χ2v) is 14.3. The third kappa shape index (κ3) is 3.63. The van der Waals surface area contributed by atoms with Crippen molar-refractivity contribution in [3.63, 3.8) is 0 Å². The van der Waals surface area contributed by atoms with Crippen LogP contribution in [-0.2, 0) is 5.41 Å². The van der Waals surface area contributed by atoms with E-state index in [1.165, 1.54) is 0 Å². The van der Waals surface area contributed by atoms with E-state index in [1.54, 1.807) is 11.8 Å². The molecule has 0 N–H and O–H groups in total. The van der Waals surface area contributed by atoms with Crippen LogP contribution in [0.5, 0.6) is 0 Å². The van der Waals surface area contributed by atoms with E-state index in [1.807, 2.05) is 84.9 Å². The molecule has 1 heterocycles. The lowest BCUT2D eigenvalue weighted by Crippen LogP contribution is -2.25. The Hall–Kier alpha value is -6.15. The molecule has 0 nitrogen and oxygen atoms in total. The molecule has 0 saturated heterocycles. The van der Waals surface area contributed by atoms with Gasteiger partial charge in [0, 0.05) is 15.2 Å². The highest BCUT2D eigenvalue weighted by molar-refractivity contribution is 7.99. The van der Waals surface area contributed by atoms with Crippen molar-refractivity contribution in [1.82, 2.24) is 0 Å². The third-order valence-corrected chi connectivity index (χ3v) is 12.0. The maximum Gasteiger partial charge on any atom is 0.0725 e. The van der Waals surface area contributed by atoms with Crippen molar-refractivity contribution in [2.45, 2.75) is 15.2 Å². The van der Waals surface area contributed by atoms with E-state index in [0.717, 1.165) is 53.9 Å². The Morgan fingerprint density at radius 3 is 2.12 bits per heavy atom. The van der Waals surface area contributed by atoms with Crippen LogP contribution < -0.4 is 0 Å². The molecule has 1 spiro atoms. The van der Waals surface area contributed by atoms with Crippen molar-refractivity contribution in [3.05, 3.63) is 204 Å². The quantitative estimate of drug-likeness (QED) is 0.174. The molecule has 3 aliphatic rings. The molecule has 9 aromatic carbocycles. The number of hydrogen-bond donors (Lipinski definition) is 0. The molecule has 1 atom stereocenters. The van der Waals surface area contributed by atoms with E-state index >= 15 is 0 Å². The summed E-state index contributed by atoms with van der Waals surface area (Å²) < 4.78 is 134. The second-order valence-electron chi connectivity index (χ2n) is 13.2. The van der Waals surface area contributed by atoms with Crippen LogP contribution in [0.2, 0.25) is 0 Å². The van der Waals surface area contributed by atoms with Gasteiger partial charge in [-0.25, -0.2) is 0 Å². The lowest BCUT2D eigenvalue weighted by atomic mass is 9.70. The number of rotatable bonds is 2. The maximum atomic E-state index is 9.80. The van der Waals surface area contributed by atoms with Crippen molar-refractivity contribution in [3.8, 4) is 55.6 Å². The summed E-state index contributed by atoms with van der Waals surface area (Å²) in [5.74, 6) is 0. The molecule has 240 valence electrons. The molecule has 0 radical (unpaired) electrons. The monoisotopic (exact) mass is 689 g/mol. The molecule has 9 aromatic rings. The van der Waals surface area contributed by atoms with Crippen LogP contribution in [0.3, 0.4) is 0 Å². The van der Waals surface area contributed by atoms with Gasteiger partial charge in [0.25, 0.3) is 0 Å². The summed E-state index contributed by atoms with van der Waals surface area (Å²) in [6.07, 6.45) is 0. The molecule has 0 fully saturated rings. The standard InChI is InChI=1S/C51H30S/c1-2-11-31(12-3-1)35-25-28-48-50-39(35)17-10-18-40(50)42-29-33(23-27-47(42)52-48)34-21-24-38-37-15-6-8-19-43(37)51(46(38)30-34)44-20-9-7-16-41(44)49-36-14-5-4-13-32(36)22-26-45(49)51/h1-30H/i1D,2D,3D,4D,5D,7D,9D,11D,12D,13D,14D,16D,20D,22D,26D. The zero-order valence-electron chi connectivity index (χ0n) is 42.1. The summed E-state index contributed by atoms with van der Waals surface area (Å²) in [7, 11) is 0. The van der Waals surface area contributed by atoms with Gasteiger partial charge in [0.2, 0.25) is 0 Å². The molecule has 2 aliphatic carbocycles. The van der Waals surface area contributed by atoms with Gasteiger partial charge in [-0.1, -0.05) is 169 Å². The molecular formula is C51H30S. The predicted octanol–water partition coefficient (Wildman–Crippen LogP) is 13.8. The smallest absolute Gasteiger partial charge is 0.0725 e. The van der Waals surface area contributed by atoms with Crippen molar-refractivity contribution in [2.24, 2.45) is 0 Å². The fourth-order valence-corrected chi connectivity index (χ4v) is 9.87. The van der Waals surface area contributed by atoms with Crippen LogP contribution >= 0.6 is 11.8 Å². The van der Waals surface area contributed by atoms with Gasteiger partial charge in [0.15, 0.2) is 0 Å². The Morgan fingerprint density at radius 1 is 0.404 bits per heavy atom. The van der Waals surface area contributed by atoms with Crippen LogP contribution in [0.25, 0.3) is 77.2 Å². The van der Waals surface area contributed by atoms with Crippen LogP contribution in [0, 0.1) is 0 Å². The van der Waals surface area contributed by atoms with E-state index in [2.05, 4.69) is 6.07 Å². The predicted molar refractivity (Wildman–Crippen MR) is 218 cm³/mol. The SMILES string of the molecule is [2H]c1c([2H])c([2H])c(-c2ccc3c4c(cccc24)-c2cc(-c4ccc5c(c4)C4(c6ccccc6-5)c5c([2H])c([2H])c([2H])c([2H])c5-c5c4c([2H])c([2H])c4c([2H])c([2H])c([2H])c([2H])c54)ccc2S3)c([2H])c1[2H]. The van der Waals surface area contributed by atoms with Crippen molar-refractivity contribution < 1.29 is 20.6 Å². The van der Waals surface area contributed by atoms with Crippen LogP contribution in [0.1, 0.15) is 42.8 Å². The normalized spacial score (nSPS) is 19.7. The van der Waals surface area contributed by atoms with Gasteiger partial charge < -0.3 is 0 Å². The topological polar surface area (TPSA) is 0 Å². The Balaban J connectivity index is 1.13. The Labute approximate surface area is 328 Å². The Morgan fingerprint density at radius 2 is 1.15 bits per heavy atom. The summed E-state index contributed by atoms with van der Waals surface area (Å²) in [4.78, 5) is 1.91. The Kier molecular flexibility index (Phi) is 3.59. The van der Waals surface area contributed by atoms with Crippen molar-refractivity contribution in [1.29, 1.82) is 0 Å². The van der Waals surface area contributed by atoms with Crippen LogP contribution in [0.15, 0.2) is 191 Å². The largest absolute Gasteiger partial charge is 0.0888 e. The van der Waals surface area contributed by atoms with Crippen LogP contribution in [-0.4, -0.2) is 0 Å². The highest BCUT2D eigenvalue weighted by Gasteiger charge is 2.52. The minimum Gasteiger partial charge on any atom is -0.0888 e. The summed E-state index contributed by atoms with van der Waals surface area (Å²) in [6.45, 7) is 0. The van der Waals surface area contributed by atoms with E-state index in [9.17, 15) is 6.85 Å². The summed E-state index contributed by atoms with van der Waals surface area (Å²) in [5.41, 5.74) is 5.42. The first-order valence-corrected chi connectivity index (χ1v) is 17.7. The van der Waals surface area contributed by atoms with Gasteiger partial charge in [-0.2, -0.15) is 0 Å². The van der Waals surface area contributed by atoms with E-state index in [4.69, 9.17) is 13.7 Å². The van der Waals surface area contributed by atoms with Gasteiger partial charge in [-0.15, -0.1) is 0 Å². The van der Waals surface area contributed by atoms with Gasteiger partial charge >= 0.3 is 0 Å². The minimum atomic E-state index is -1.62. The van der Waals surface area contributed by atoms with Gasteiger partial charge in [0.05, 0.1) is 26.0 Å². The highest BCUT2D eigenvalue weighted by Crippen LogP contribution is 2.64. The number of benzene rings is 9. The summed E-state index contributed by atoms with van der Waals surface area (Å²) >= 11 is 1.56. The maximum absolute atomic E-state index is 9.80. The molecule has 1 unspecified atom stereocenters. The molecule has 0 amide bonds. The highest BCUT2D eigenvalue weighted by atomic mass is 32.2. The number of fused-ring (bicyclic) bond motifs is 14. The molecule has 0 bridgehead atoms. The van der Waals surface area contributed by atoms with E-state index < -0.39 is 71.9 Å². The van der Waals surface area contributed by atoms with Gasteiger partial charge in [-0.3, -0.25) is 0 Å². The average molecular weight is 690 g/mol. The zero-order valence-corrected chi connectivity index (χ0v) is 27.9. The van der Waals surface area contributed by atoms with E-state index in [-0.39, 0.29) is 62.8 Å². The molecule has 0 aromatic heterocycles. The molecule has 12 rings (SSSR count). The fourth-order valence-electron chi connectivity index (χ4n) is 8.76. The second kappa shape index (κ2) is 10.4. The molecule has 0 saturated carbocycles. The zero-order chi connectivity index (χ0) is 47.0. The summed E-state index contributed by atoms with van der Waals surface area (Å²) in [5, 5.41) is 1.32. The molecule has 1 heteroatoms. The van der Waals surface area contributed by atoms with E-state index in [0.29, 0.717) is 16.7 Å².